The van der Waals surface area contributed by atoms with E-state index >= 15 is 0 Å². The Labute approximate surface area is 115 Å². The lowest BCUT2D eigenvalue weighted by atomic mass is 10.2. The van der Waals surface area contributed by atoms with Crippen LogP contribution in [-0.4, -0.2) is 52.4 Å². The van der Waals surface area contributed by atoms with Crippen LogP contribution in [0, 0.1) is 0 Å². The van der Waals surface area contributed by atoms with Gasteiger partial charge in [0.25, 0.3) is 0 Å². The van der Waals surface area contributed by atoms with Gasteiger partial charge in [0.15, 0.2) is 0 Å². The maximum absolute atomic E-state index is 11.5. The molecule has 0 bridgehead atoms. The van der Waals surface area contributed by atoms with Gasteiger partial charge >= 0.3 is 11.9 Å². The second-order valence-electron chi connectivity index (χ2n) is 4.52. The third-order valence-electron chi connectivity index (χ3n) is 3.12. The molecule has 7 heteroatoms. The monoisotopic (exact) mass is 280 g/mol. The summed E-state index contributed by atoms with van der Waals surface area (Å²) in [5, 5.41) is 18.7. The van der Waals surface area contributed by atoms with Gasteiger partial charge in [-0.25, -0.2) is 14.6 Å². The van der Waals surface area contributed by atoms with E-state index in [1.165, 1.54) is 17.2 Å². The molecule has 2 heterocycles. The number of aromatic nitrogens is 1. The van der Waals surface area contributed by atoms with Crippen LogP contribution >= 0.6 is 0 Å². The number of hydrogen-bond donors (Lipinski definition) is 2. The molecule has 0 spiro atoms. The molecule has 2 N–H and O–H groups in total. The predicted octanol–water partition coefficient (Wildman–Crippen LogP) is 0.282. The molecule has 0 radical (unpaired) electrons. The SMILES string of the molecule is CCOC(=O)c1ccc(N2CC(O)CC2C(=O)O)nc1. The average Bonchev–Trinajstić information content (AvgIpc) is 2.81. The lowest BCUT2D eigenvalue weighted by Crippen LogP contribution is -2.36. The number of aliphatic hydroxyl groups excluding tert-OH is 1. The number of aliphatic carboxylic acids is 1. The van der Waals surface area contributed by atoms with Crippen molar-refractivity contribution in [3.8, 4) is 0 Å². The quantitative estimate of drug-likeness (QED) is 0.764. The van der Waals surface area contributed by atoms with Crippen molar-refractivity contribution in [2.75, 3.05) is 18.1 Å². The largest absolute Gasteiger partial charge is 0.480 e. The van der Waals surface area contributed by atoms with Crippen LogP contribution in [0.25, 0.3) is 0 Å². The fraction of sp³-hybridized carbons (Fsp3) is 0.462. The molecule has 2 atom stereocenters. The summed E-state index contributed by atoms with van der Waals surface area (Å²) in [6.45, 7) is 2.20. The highest BCUT2D eigenvalue weighted by atomic mass is 16.5. The van der Waals surface area contributed by atoms with Crippen molar-refractivity contribution in [3.05, 3.63) is 23.9 Å². The van der Waals surface area contributed by atoms with Crippen LogP contribution in [0.5, 0.6) is 0 Å². The summed E-state index contributed by atoms with van der Waals surface area (Å²) in [6.07, 6.45) is 0.816. The number of carbonyl (C=O) groups excluding carboxylic acids is 1. The van der Waals surface area contributed by atoms with Crippen LogP contribution in [0.2, 0.25) is 0 Å². The second kappa shape index (κ2) is 5.87. The van der Waals surface area contributed by atoms with E-state index in [0.29, 0.717) is 11.4 Å². The molecule has 2 rings (SSSR count). The minimum absolute atomic E-state index is 0.163. The number of carboxylic acid groups (broad SMARTS) is 1. The van der Waals surface area contributed by atoms with E-state index in [1.54, 1.807) is 13.0 Å². The average molecular weight is 280 g/mol. The van der Waals surface area contributed by atoms with Crippen molar-refractivity contribution in [1.29, 1.82) is 0 Å². The van der Waals surface area contributed by atoms with Gasteiger partial charge in [-0.3, -0.25) is 0 Å². The fourth-order valence-electron chi connectivity index (χ4n) is 2.19. The van der Waals surface area contributed by atoms with Crippen LogP contribution in [0.3, 0.4) is 0 Å². The first-order valence-electron chi connectivity index (χ1n) is 6.33. The van der Waals surface area contributed by atoms with Crippen molar-refractivity contribution in [1.82, 2.24) is 4.98 Å². The van der Waals surface area contributed by atoms with E-state index in [-0.39, 0.29) is 19.6 Å². The second-order valence-corrected chi connectivity index (χ2v) is 4.52. The molecule has 2 unspecified atom stereocenters. The molecule has 7 nitrogen and oxygen atoms in total. The normalized spacial score (nSPS) is 21.8. The van der Waals surface area contributed by atoms with Crippen molar-refractivity contribution in [2.45, 2.75) is 25.5 Å². The zero-order chi connectivity index (χ0) is 14.7. The third-order valence-corrected chi connectivity index (χ3v) is 3.12. The number of esters is 1. The Morgan fingerprint density at radius 2 is 2.25 bits per heavy atom. The van der Waals surface area contributed by atoms with Crippen molar-refractivity contribution in [2.24, 2.45) is 0 Å². The highest BCUT2D eigenvalue weighted by Crippen LogP contribution is 2.24. The lowest BCUT2D eigenvalue weighted by Gasteiger charge is -2.22. The topological polar surface area (TPSA) is 100.0 Å². The van der Waals surface area contributed by atoms with Crippen molar-refractivity contribution >= 4 is 17.8 Å². The summed E-state index contributed by atoms with van der Waals surface area (Å²) < 4.78 is 4.84. The van der Waals surface area contributed by atoms with Crippen molar-refractivity contribution < 1.29 is 24.5 Å². The van der Waals surface area contributed by atoms with Gasteiger partial charge in [-0.2, -0.15) is 0 Å². The van der Waals surface area contributed by atoms with E-state index in [0.717, 1.165) is 0 Å². The number of hydrogen-bond acceptors (Lipinski definition) is 6. The molecular formula is C13H16N2O5. The van der Waals surface area contributed by atoms with E-state index < -0.39 is 24.1 Å². The molecule has 1 aliphatic rings. The molecular weight excluding hydrogens is 264 g/mol. The summed E-state index contributed by atoms with van der Waals surface area (Å²) in [4.78, 5) is 28.2. The number of aliphatic hydroxyl groups is 1. The Kier molecular flexibility index (Phi) is 4.19. The zero-order valence-corrected chi connectivity index (χ0v) is 11.0. The lowest BCUT2D eigenvalue weighted by molar-refractivity contribution is -0.138. The molecule has 1 saturated heterocycles. The molecule has 0 amide bonds. The van der Waals surface area contributed by atoms with Gasteiger partial charge in [0.2, 0.25) is 0 Å². The molecule has 0 aromatic carbocycles. The number of ether oxygens (including phenoxy) is 1. The van der Waals surface area contributed by atoms with Gasteiger partial charge in [0, 0.05) is 19.2 Å². The minimum atomic E-state index is -1.00. The molecule has 0 aliphatic carbocycles. The zero-order valence-electron chi connectivity index (χ0n) is 11.0. The Morgan fingerprint density at radius 1 is 1.50 bits per heavy atom. The first-order valence-corrected chi connectivity index (χ1v) is 6.33. The van der Waals surface area contributed by atoms with Crippen LogP contribution in [0.4, 0.5) is 5.82 Å². The first kappa shape index (κ1) is 14.3. The third kappa shape index (κ3) is 2.88. The summed E-state index contributed by atoms with van der Waals surface area (Å²) in [7, 11) is 0. The van der Waals surface area contributed by atoms with Crippen LogP contribution in [-0.2, 0) is 9.53 Å². The van der Waals surface area contributed by atoms with Crippen LogP contribution in [0.15, 0.2) is 18.3 Å². The predicted molar refractivity (Wildman–Crippen MR) is 69.6 cm³/mol. The van der Waals surface area contributed by atoms with Gasteiger partial charge in [0.05, 0.1) is 18.3 Å². The van der Waals surface area contributed by atoms with Gasteiger partial charge < -0.3 is 19.8 Å². The van der Waals surface area contributed by atoms with E-state index in [1.807, 2.05) is 0 Å². The van der Waals surface area contributed by atoms with E-state index in [2.05, 4.69) is 4.98 Å². The van der Waals surface area contributed by atoms with Crippen LogP contribution < -0.4 is 4.90 Å². The Morgan fingerprint density at radius 3 is 2.80 bits per heavy atom. The molecule has 1 aromatic heterocycles. The highest BCUT2D eigenvalue weighted by molar-refractivity contribution is 5.89. The first-order chi connectivity index (χ1) is 9.52. The summed E-state index contributed by atoms with van der Waals surface area (Å²) >= 11 is 0. The Bertz CT molecular complexity index is 502. The Hall–Kier alpha value is -2.15. The number of carbonyl (C=O) groups is 2. The van der Waals surface area contributed by atoms with Crippen LogP contribution in [0.1, 0.15) is 23.7 Å². The van der Waals surface area contributed by atoms with E-state index in [4.69, 9.17) is 9.84 Å². The smallest absolute Gasteiger partial charge is 0.339 e. The fourth-order valence-corrected chi connectivity index (χ4v) is 2.19. The molecule has 1 aromatic rings. The number of nitrogens with zero attached hydrogens (tertiary/aromatic N) is 2. The maximum Gasteiger partial charge on any atom is 0.339 e. The van der Waals surface area contributed by atoms with E-state index in [9.17, 15) is 14.7 Å². The van der Waals surface area contributed by atoms with Gasteiger partial charge in [0.1, 0.15) is 11.9 Å². The number of β-amino-alcohol motifs (C(OH)–C–C–N with tert-alkyl or cyclic N) is 1. The molecule has 1 fully saturated rings. The summed E-state index contributed by atoms with van der Waals surface area (Å²) in [6, 6.07) is 2.29. The number of pyridine rings is 1. The molecule has 0 saturated carbocycles. The molecule has 1 aliphatic heterocycles. The van der Waals surface area contributed by atoms with Gasteiger partial charge in [-0.15, -0.1) is 0 Å². The molecule has 20 heavy (non-hydrogen) atoms. The standard InChI is InChI=1S/C13H16N2O5/c1-2-20-13(19)8-3-4-11(14-6-8)15-7-9(16)5-10(15)12(17)18/h3-4,6,9-10,16H,2,5,7H2,1H3,(H,17,18). The number of anilines is 1. The van der Waals surface area contributed by atoms with Crippen molar-refractivity contribution in [3.63, 3.8) is 0 Å². The van der Waals surface area contributed by atoms with Gasteiger partial charge in [-0.1, -0.05) is 0 Å². The molecule has 108 valence electrons. The minimum Gasteiger partial charge on any atom is -0.480 e. The number of carboxylic acids is 1. The highest BCUT2D eigenvalue weighted by Gasteiger charge is 2.36. The Balaban J connectivity index is 2.17. The maximum atomic E-state index is 11.5. The number of rotatable bonds is 4. The summed E-state index contributed by atoms with van der Waals surface area (Å²) in [5.74, 6) is -1.05. The summed E-state index contributed by atoms with van der Waals surface area (Å²) in [5.41, 5.74) is 0.308. The van der Waals surface area contributed by atoms with Gasteiger partial charge in [-0.05, 0) is 19.1 Å².